The first kappa shape index (κ1) is 19.8. The van der Waals surface area contributed by atoms with Crippen molar-refractivity contribution in [2.45, 2.75) is 52.1 Å². The Morgan fingerprint density at radius 2 is 1.72 bits per heavy atom. The van der Waals surface area contributed by atoms with Gasteiger partial charge in [-0.05, 0) is 56.6 Å². The molecule has 7 heteroatoms. The third kappa shape index (κ3) is 4.72. The maximum Gasteiger partial charge on any atom is 0.163 e. The van der Waals surface area contributed by atoms with E-state index in [0.29, 0.717) is 0 Å². The molecule has 1 aromatic carbocycles. The van der Waals surface area contributed by atoms with Crippen LogP contribution in [0, 0.1) is 12.7 Å². The van der Waals surface area contributed by atoms with Crippen LogP contribution in [0.25, 0.3) is 11.4 Å². The van der Waals surface area contributed by atoms with Crippen LogP contribution in [0.1, 0.15) is 42.9 Å². The molecule has 2 aromatic heterocycles. The molecule has 0 spiro atoms. The van der Waals surface area contributed by atoms with Gasteiger partial charge in [-0.1, -0.05) is 12.8 Å². The van der Waals surface area contributed by atoms with Gasteiger partial charge in [0.25, 0.3) is 0 Å². The van der Waals surface area contributed by atoms with E-state index in [0.717, 1.165) is 61.9 Å². The zero-order valence-corrected chi connectivity index (χ0v) is 17.3. The molecule has 1 aliphatic rings. The Morgan fingerprint density at radius 1 is 0.966 bits per heavy atom. The second-order valence-corrected chi connectivity index (χ2v) is 7.94. The predicted molar refractivity (Wildman–Crippen MR) is 111 cm³/mol. The second kappa shape index (κ2) is 8.86. The Kier molecular flexibility index (Phi) is 6.04. The van der Waals surface area contributed by atoms with E-state index in [-0.39, 0.29) is 5.82 Å². The van der Waals surface area contributed by atoms with E-state index >= 15 is 0 Å². The highest BCUT2D eigenvalue weighted by atomic mass is 19.1. The van der Waals surface area contributed by atoms with Crippen molar-refractivity contribution in [3.8, 4) is 11.4 Å². The first-order chi connectivity index (χ1) is 14.1. The number of halogens is 1. The average molecular weight is 397 g/mol. The molecule has 0 fully saturated rings. The minimum Gasteiger partial charge on any atom is -0.311 e. The quantitative estimate of drug-likeness (QED) is 0.677. The zero-order valence-electron chi connectivity index (χ0n) is 17.3. The first-order valence-corrected chi connectivity index (χ1v) is 10.5. The molecule has 3 heterocycles. The molecule has 154 valence electrons. The molecule has 3 aromatic rings. The van der Waals surface area contributed by atoms with E-state index in [1.165, 1.54) is 37.1 Å². The summed E-state index contributed by atoms with van der Waals surface area (Å²) in [6, 6.07) is 8.71. The standard InChI is InChI=1S/C22H29FN6/c1-17-15-20(27(2)26-17)16-28-12-5-3-4-6-13-29-21(11-14-28)24-25-22(29)18-7-9-19(23)10-8-18/h7-10,15H,3-6,11-14,16H2,1-2H3. The van der Waals surface area contributed by atoms with Crippen LogP contribution in [0.4, 0.5) is 4.39 Å². The summed E-state index contributed by atoms with van der Waals surface area (Å²) in [6.07, 6.45) is 5.59. The van der Waals surface area contributed by atoms with Crippen LogP contribution in [0.5, 0.6) is 0 Å². The van der Waals surface area contributed by atoms with Gasteiger partial charge in [0.05, 0.1) is 11.4 Å². The highest BCUT2D eigenvalue weighted by Gasteiger charge is 2.17. The molecule has 0 bridgehead atoms. The van der Waals surface area contributed by atoms with Crippen molar-refractivity contribution >= 4 is 0 Å². The van der Waals surface area contributed by atoms with Crippen molar-refractivity contribution in [3.63, 3.8) is 0 Å². The van der Waals surface area contributed by atoms with Gasteiger partial charge in [-0.3, -0.25) is 9.58 Å². The van der Waals surface area contributed by atoms with Gasteiger partial charge in [0, 0.05) is 38.7 Å². The van der Waals surface area contributed by atoms with Crippen LogP contribution in [-0.2, 0) is 26.6 Å². The Hall–Kier alpha value is -2.54. The maximum atomic E-state index is 13.3. The molecule has 6 nitrogen and oxygen atoms in total. The lowest BCUT2D eigenvalue weighted by Crippen LogP contribution is -2.28. The predicted octanol–water partition coefficient (Wildman–Crippen LogP) is 3.74. The Balaban J connectivity index is 1.55. The molecule has 0 radical (unpaired) electrons. The smallest absolute Gasteiger partial charge is 0.163 e. The Bertz CT molecular complexity index is 943. The average Bonchev–Trinajstić information content (AvgIpc) is 3.23. The van der Waals surface area contributed by atoms with E-state index in [4.69, 9.17) is 0 Å². The lowest BCUT2D eigenvalue weighted by atomic mass is 10.1. The van der Waals surface area contributed by atoms with Crippen molar-refractivity contribution in [2.24, 2.45) is 7.05 Å². The number of rotatable bonds is 3. The van der Waals surface area contributed by atoms with Gasteiger partial charge in [0.15, 0.2) is 5.82 Å². The number of hydrogen-bond acceptors (Lipinski definition) is 4. The van der Waals surface area contributed by atoms with Gasteiger partial charge >= 0.3 is 0 Å². The van der Waals surface area contributed by atoms with Crippen LogP contribution in [-0.4, -0.2) is 42.5 Å². The van der Waals surface area contributed by atoms with E-state index in [2.05, 4.69) is 30.8 Å². The Labute approximate surface area is 171 Å². The molecule has 4 rings (SSSR count). The zero-order chi connectivity index (χ0) is 20.2. The lowest BCUT2D eigenvalue weighted by molar-refractivity contribution is 0.254. The lowest BCUT2D eigenvalue weighted by Gasteiger charge is -2.22. The molecular formula is C22H29FN6. The SMILES string of the molecule is Cc1cc(CN2CCCCCCn3c(nnc3-c3ccc(F)cc3)CC2)n(C)n1. The molecule has 29 heavy (non-hydrogen) atoms. The highest BCUT2D eigenvalue weighted by molar-refractivity contribution is 5.55. The Morgan fingerprint density at radius 3 is 2.45 bits per heavy atom. The molecule has 0 amide bonds. The monoisotopic (exact) mass is 396 g/mol. The third-order valence-corrected chi connectivity index (χ3v) is 5.67. The summed E-state index contributed by atoms with van der Waals surface area (Å²) in [5, 5.41) is 13.4. The van der Waals surface area contributed by atoms with E-state index in [9.17, 15) is 4.39 Å². The summed E-state index contributed by atoms with van der Waals surface area (Å²) in [7, 11) is 2.01. The van der Waals surface area contributed by atoms with E-state index in [1.807, 2.05) is 18.7 Å². The van der Waals surface area contributed by atoms with Crippen LogP contribution >= 0.6 is 0 Å². The molecule has 0 saturated heterocycles. The van der Waals surface area contributed by atoms with Crippen molar-refractivity contribution in [1.82, 2.24) is 29.4 Å². The number of aryl methyl sites for hydroxylation is 2. The normalized spacial score (nSPS) is 16.4. The van der Waals surface area contributed by atoms with Gasteiger partial charge in [0.1, 0.15) is 11.6 Å². The summed E-state index contributed by atoms with van der Waals surface area (Å²) < 4.78 is 17.5. The fraction of sp³-hybridized carbons (Fsp3) is 0.500. The number of nitrogens with zero attached hydrogens (tertiary/aromatic N) is 6. The molecular weight excluding hydrogens is 367 g/mol. The first-order valence-electron chi connectivity index (χ1n) is 10.5. The molecule has 0 N–H and O–H groups in total. The van der Waals surface area contributed by atoms with E-state index in [1.54, 1.807) is 12.1 Å². The highest BCUT2D eigenvalue weighted by Crippen LogP contribution is 2.21. The number of hydrogen-bond donors (Lipinski definition) is 0. The third-order valence-electron chi connectivity index (χ3n) is 5.67. The van der Waals surface area contributed by atoms with Crippen LogP contribution in [0.3, 0.4) is 0 Å². The second-order valence-electron chi connectivity index (χ2n) is 7.94. The number of benzene rings is 1. The number of fused-ring (bicyclic) bond motifs is 1. The van der Waals surface area contributed by atoms with Gasteiger partial charge in [-0.15, -0.1) is 10.2 Å². The molecule has 0 aliphatic carbocycles. The number of aromatic nitrogens is 5. The minimum atomic E-state index is -0.230. The van der Waals surface area contributed by atoms with Crippen molar-refractivity contribution < 1.29 is 4.39 Å². The summed E-state index contributed by atoms with van der Waals surface area (Å²) in [6.45, 7) is 5.87. The summed E-state index contributed by atoms with van der Waals surface area (Å²) in [4.78, 5) is 2.50. The topological polar surface area (TPSA) is 51.8 Å². The van der Waals surface area contributed by atoms with Crippen LogP contribution < -0.4 is 0 Å². The van der Waals surface area contributed by atoms with Gasteiger partial charge < -0.3 is 4.57 Å². The van der Waals surface area contributed by atoms with Crippen molar-refractivity contribution in [1.29, 1.82) is 0 Å². The molecule has 0 unspecified atom stereocenters. The van der Waals surface area contributed by atoms with Crippen LogP contribution in [0.2, 0.25) is 0 Å². The van der Waals surface area contributed by atoms with Crippen molar-refractivity contribution in [3.05, 3.63) is 53.4 Å². The van der Waals surface area contributed by atoms with Crippen LogP contribution in [0.15, 0.2) is 30.3 Å². The summed E-state index contributed by atoms with van der Waals surface area (Å²) >= 11 is 0. The summed E-state index contributed by atoms with van der Waals surface area (Å²) in [5.41, 5.74) is 3.22. The molecule has 0 atom stereocenters. The molecule has 0 saturated carbocycles. The van der Waals surface area contributed by atoms with Gasteiger partial charge in [-0.2, -0.15) is 5.10 Å². The van der Waals surface area contributed by atoms with Crippen molar-refractivity contribution in [2.75, 3.05) is 13.1 Å². The largest absolute Gasteiger partial charge is 0.311 e. The van der Waals surface area contributed by atoms with Gasteiger partial charge in [-0.25, -0.2) is 4.39 Å². The fourth-order valence-corrected chi connectivity index (χ4v) is 4.10. The summed E-state index contributed by atoms with van der Waals surface area (Å²) in [5.74, 6) is 1.62. The maximum absolute atomic E-state index is 13.3. The minimum absolute atomic E-state index is 0.230. The van der Waals surface area contributed by atoms with Gasteiger partial charge in [0.2, 0.25) is 0 Å². The fourth-order valence-electron chi connectivity index (χ4n) is 4.10. The van der Waals surface area contributed by atoms with E-state index < -0.39 is 0 Å². The molecule has 1 aliphatic heterocycles.